The maximum Gasteiger partial charge on any atom is 0.267 e. The van der Waals surface area contributed by atoms with Crippen molar-refractivity contribution in [3.05, 3.63) is 35.2 Å². The van der Waals surface area contributed by atoms with Gasteiger partial charge >= 0.3 is 0 Å². The standard InChI is InChI=1S/C9H8ClFN4O2S/c10-5-1-6(11)3-7(2-5)15-18(16,17)8-4-13-14-9(8)12/h1-4,15H,(H3,12,13,14). The zero-order chi connectivity index (χ0) is 13.3. The van der Waals surface area contributed by atoms with E-state index >= 15 is 0 Å². The van der Waals surface area contributed by atoms with Crippen LogP contribution in [0.25, 0.3) is 0 Å². The van der Waals surface area contributed by atoms with Gasteiger partial charge in [-0.25, -0.2) is 12.8 Å². The van der Waals surface area contributed by atoms with Gasteiger partial charge < -0.3 is 5.73 Å². The van der Waals surface area contributed by atoms with Crippen LogP contribution in [0.1, 0.15) is 0 Å². The third-order valence-electron chi connectivity index (χ3n) is 2.04. The summed E-state index contributed by atoms with van der Waals surface area (Å²) in [6.45, 7) is 0. The van der Waals surface area contributed by atoms with Crippen molar-refractivity contribution in [2.24, 2.45) is 0 Å². The molecule has 0 saturated carbocycles. The lowest BCUT2D eigenvalue weighted by Gasteiger charge is -2.07. The van der Waals surface area contributed by atoms with Gasteiger partial charge in [0.15, 0.2) is 0 Å². The maximum absolute atomic E-state index is 13.1. The van der Waals surface area contributed by atoms with Crippen molar-refractivity contribution in [1.82, 2.24) is 10.2 Å². The van der Waals surface area contributed by atoms with Gasteiger partial charge in [0.25, 0.3) is 10.0 Å². The average molecular weight is 291 g/mol. The van der Waals surface area contributed by atoms with Crippen LogP contribution < -0.4 is 10.5 Å². The molecular formula is C9H8ClFN4O2S. The number of anilines is 2. The van der Waals surface area contributed by atoms with Crippen LogP contribution in [0, 0.1) is 5.82 Å². The first-order valence-corrected chi connectivity index (χ1v) is 6.52. The first kappa shape index (κ1) is 12.7. The third-order valence-corrected chi connectivity index (χ3v) is 3.66. The lowest BCUT2D eigenvalue weighted by Crippen LogP contribution is -2.14. The Labute approximate surface area is 107 Å². The van der Waals surface area contributed by atoms with E-state index in [1.807, 2.05) is 0 Å². The largest absolute Gasteiger partial charge is 0.383 e. The monoisotopic (exact) mass is 290 g/mol. The molecule has 0 aliphatic heterocycles. The predicted octanol–water partition coefficient (Wildman–Crippen LogP) is 1.59. The molecule has 6 nitrogen and oxygen atoms in total. The Hall–Kier alpha value is -1.80. The van der Waals surface area contributed by atoms with Crippen LogP contribution in [0.5, 0.6) is 0 Å². The van der Waals surface area contributed by atoms with Gasteiger partial charge in [-0.3, -0.25) is 9.82 Å². The number of aromatic amines is 1. The number of aromatic nitrogens is 2. The molecule has 4 N–H and O–H groups in total. The van der Waals surface area contributed by atoms with Crippen molar-refractivity contribution in [2.75, 3.05) is 10.5 Å². The van der Waals surface area contributed by atoms with Gasteiger partial charge in [-0.1, -0.05) is 11.6 Å². The summed E-state index contributed by atoms with van der Waals surface area (Å²) in [4.78, 5) is -0.220. The van der Waals surface area contributed by atoms with Crippen LogP contribution in [0.3, 0.4) is 0 Å². The van der Waals surface area contributed by atoms with Crippen LogP contribution in [-0.4, -0.2) is 18.6 Å². The summed E-state index contributed by atoms with van der Waals surface area (Å²) in [5.74, 6) is -0.759. The summed E-state index contributed by atoms with van der Waals surface area (Å²) in [7, 11) is -3.93. The highest BCUT2D eigenvalue weighted by atomic mass is 35.5. The summed E-state index contributed by atoms with van der Waals surface area (Å²) < 4.78 is 39.0. The molecular weight excluding hydrogens is 283 g/mol. The van der Waals surface area contributed by atoms with E-state index < -0.39 is 15.8 Å². The maximum atomic E-state index is 13.1. The number of benzene rings is 1. The number of hydrogen-bond acceptors (Lipinski definition) is 4. The molecule has 0 radical (unpaired) electrons. The number of hydrogen-bond donors (Lipinski definition) is 3. The molecule has 0 unspecified atom stereocenters. The Morgan fingerprint density at radius 3 is 2.67 bits per heavy atom. The van der Waals surface area contributed by atoms with Crippen LogP contribution in [0.4, 0.5) is 15.9 Å². The zero-order valence-corrected chi connectivity index (χ0v) is 10.4. The van der Waals surface area contributed by atoms with Gasteiger partial charge in [-0.05, 0) is 18.2 Å². The molecule has 96 valence electrons. The van der Waals surface area contributed by atoms with E-state index in [0.29, 0.717) is 0 Å². The van der Waals surface area contributed by atoms with Gasteiger partial charge in [0.2, 0.25) is 0 Å². The van der Waals surface area contributed by atoms with Crippen molar-refractivity contribution in [2.45, 2.75) is 4.90 Å². The number of rotatable bonds is 3. The summed E-state index contributed by atoms with van der Waals surface area (Å²) in [5, 5.41) is 5.86. The normalized spacial score (nSPS) is 11.4. The molecule has 0 aliphatic carbocycles. The number of nitrogen functional groups attached to an aromatic ring is 1. The number of H-pyrrole nitrogens is 1. The Morgan fingerprint density at radius 1 is 1.39 bits per heavy atom. The molecule has 9 heteroatoms. The molecule has 1 aromatic heterocycles. The van der Waals surface area contributed by atoms with Crippen molar-refractivity contribution >= 4 is 33.1 Å². The number of nitrogens with zero attached hydrogens (tertiary/aromatic N) is 1. The van der Waals surface area contributed by atoms with Crippen molar-refractivity contribution in [3.63, 3.8) is 0 Å². The Kier molecular flexibility index (Phi) is 3.14. The summed E-state index contributed by atoms with van der Waals surface area (Å²) in [6, 6.07) is 3.34. The zero-order valence-electron chi connectivity index (χ0n) is 8.81. The molecule has 0 bridgehead atoms. The van der Waals surface area contributed by atoms with E-state index in [1.165, 1.54) is 6.07 Å². The summed E-state index contributed by atoms with van der Waals surface area (Å²) >= 11 is 5.62. The first-order chi connectivity index (χ1) is 8.38. The van der Waals surface area contributed by atoms with Gasteiger partial charge in [0.05, 0.1) is 11.9 Å². The minimum Gasteiger partial charge on any atom is -0.383 e. The predicted molar refractivity (Wildman–Crippen MR) is 65.2 cm³/mol. The smallest absolute Gasteiger partial charge is 0.267 e. The lowest BCUT2D eigenvalue weighted by molar-refractivity contribution is 0.601. The number of nitrogens with two attached hydrogens (primary N) is 1. The summed E-state index contributed by atoms with van der Waals surface area (Å²) in [5.41, 5.74) is 5.40. The molecule has 18 heavy (non-hydrogen) atoms. The molecule has 0 aliphatic rings. The number of nitrogens with one attached hydrogen (secondary N) is 2. The molecule has 2 aromatic rings. The van der Waals surface area contributed by atoms with Gasteiger partial charge in [-0.2, -0.15) is 5.10 Å². The van der Waals surface area contributed by atoms with Crippen LogP contribution in [0.2, 0.25) is 5.02 Å². The topological polar surface area (TPSA) is 101 Å². The molecule has 2 rings (SSSR count). The van der Waals surface area contributed by atoms with Crippen molar-refractivity contribution < 1.29 is 12.8 Å². The highest BCUT2D eigenvalue weighted by Gasteiger charge is 2.19. The second kappa shape index (κ2) is 4.46. The fraction of sp³-hybridized carbons (Fsp3) is 0. The Balaban J connectivity index is 2.37. The molecule has 0 fully saturated rings. The van der Waals surface area contributed by atoms with Crippen LogP contribution >= 0.6 is 11.6 Å². The van der Waals surface area contributed by atoms with Gasteiger partial charge in [-0.15, -0.1) is 0 Å². The fourth-order valence-corrected chi connectivity index (χ4v) is 2.61. The van der Waals surface area contributed by atoms with Crippen molar-refractivity contribution in [1.29, 1.82) is 0 Å². The van der Waals surface area contributed by atoms with E-state index in [-0.39, 0.29) is 21.4 Å². The second-order valence-electron chi connectivity index (χ2n) is 3.41. The van der Waals surface area contributed by atoms with E-state index in [2.05, 4.69) is 14.9 Å². The second-order valence-corrected chi connectivity index (χ2v) is 5.50. The highest BCUT2D eigenvalue weighted by molar-refractivity contribution is 7.92. The number of halogens is 2. The quantitative estimate of drug-likeness (QED) is 0.799. The molecule has 1 aromatic carbocycles. The van der Waals surface area contributed by atoms with E-state index in [1.54, 1.807) is 0 Å². The Morgan fingerprint density at radius 2 is 2.11 bits per heavy atom. The molecule has 1 heterocycles. The molecule has 0 saturated heterocycles. The molecule has 0 atom stereocenters. The lowest BCUT2D eigenvalue weighted by atomic mass is 10.3. The minimum absolute atomic E-state index is 0.000556. The first-order valence-electron chi connectivity index (χ1n) is 4.66. The summed E-state index contributed by atoms with van der Waals surface area (Å²) in [6.07, 6.45) is 1.05. The van der Waals surface area contributed by atoms with Crippen molar-refractivity contribution in [3.8, 4) is 0 Å². The van der Waals surface area contributed by atoms with Gasteiger partial charge in [0.1, 0.15) is 16.5 Å². The Bertz CT molecular complexity index is 665. The van der Waals surface area contributed by atoms with E-state index in [9.17, 15) is 12.8 Å². The minimum atomic E-state index is -3.93. The van der Waals surface area contributed by atoms with Crippen LogP contribution in [-0.2, 0) is 10.0 Å². The molecule has 0 spiro atoms. The average Bonchev–Trinajstić information content (AvgIpc) is 2.62. The van der Waals surface area contributed by atoms with Gasteiger partial charge in [0, 0.05) is 5.02 Å². The molecule has 0 amide bonds. The third kappa shape index (κ3) is 2.54. The number of sulfonamides is 1. The fourth-order valence-electron chi connectivity index (χ4n) is 1.32. The highest BCUT2D eigenvalue weighted by Crippen LogP contribution is 2.22. The van der Waals surface area contributed by atoms with Crippen LogP contribution in [0.15, 0.2) is 29.3 Å². The van der Waals surface area contributed by atoms with E-state index in [0.717, 1.165) is 18.3 Å². The van der Waals surface area contributed by atoms with E-state index in [4.69, 9.17) is 17.3 Å². The SMILES string of the molecule is Nc1[nH]ncc1S(=O)(=O)Nc1cc(F)cc(Cl)c1.